The summed E-state index contributed by atoms with van der Waals surface area (Å²) in [4.78, 5) is 10.4. The first-order valence-electron chi connectivity index (χ1n) is 5.21. The Morgan fingerprint density at radius 1 is 1.33 bits per heavy atom. The third-order valence-electron chi connectivity index (χ3n) is 2.64. The van der Waals surface area contributed by atoms with Crippen LogP contribution in [0.2, 0.25) is 0 Å². The molecule has 0 amide bonds. The SMILES string of the molecule is CC(CC=O)c1ccc(C(C)(C)O)cc1. The van der Waals surface area contributed by atoms with Gasteiger partial charge in [-0.05, 0) is 30.9 Å². The molecule has 2 heteroatoms. The lowest BCUT2D eigenvalue weighted by molar-refractivity contribution is -0.108. The van der Waals surface area contributed by atoms with Crippen molar-refractivity contribution in [2.45, 2.75) is 38.7 Å². The van der Waals surface area contributed by atoms with Crippen LogP contribution in [0.5, 0.6) is 0 Å². The molecule has 0 heterocycles. The quantitative estimate of drug-likeness (QED) is 0.769. The molecule has 0 aliphatic carbocycles. The van der Waals surface area contributed by atoms with Crippen molar-refractivity contribution >= 4 is 6.29 Å². The fourth-order valence-corrected chi connectivity index (χ4v) is 1.50. The average molecular weight is 206 g/mol. The number of aliphatic hydroxyl groups is 1. The van der Waals surface area contributed by atoms with Gasteiger partial charge < -0.3 is 9.90 Å². The van der Waals surface area contributed by atoms with Crippen LogP contribution < -0.4 is 0 Å². The molecule has 1 N–H and O–H groups in total. The van der Waals surface area contributed by atoms with Gasteiger partial charge in [0.2, 0.25) is 0 Å². The molecule has 1 unspecified atom stereocenters. The summed E-state index contributed by atoms with van der Waals surface area (Å²) in [5.41, 5.74) is 1.23. The van der Waals surface area contributed by atoms with Crippen molar-refractivity contribution in [2.75, 3.05) is 0 Å². The summed E-state index contributed by atoms with van der Waals surface area (Å²) < 4.78 is 0. The lowest BCUT2D eigenvalue weighted by Gasteiger charge is -2.18. The second-order valence-electron chi connectivity index (χ2n) is 4.48. The minimum absolute atomic E-state index is 0.248. The molecule has 1 aromatic carbocycles. The van der Waals surface area contributed by atoms with E-state index in [1.807, 2.05) is 31.2 Å². The van der Waals surface area contributed by atoms with Crippen LogP contribution in [0.1, 0.15) is 44.2 Å². The highest BCUT2D eigenvalue weighted by Gasteiger charge is 2.15. The van der Waals surface area contributed by atoms with E-state index in [0.717, 1.165) is 17.4 Å². The summed E-state index contributed by atoms with van der Waals surface area (Å²) in [6.45, 7) is 5.54. The average Bonchev–Trinajstić information content (AvgIpc) is 2.17. The summed E-state index contributed by atoms with van der Waals surface area (Å²) >= 11 is 0. The molecule has 1 aromatic rings. The third kappa shape index (κ3) is 3.17. The highest BCUT2D eigenvalue weighted by atomic mass is 16.3. The Kier molecular flexibility index (Phi) is 3.64. The Balaban J connectivity index is 2.85. The molecule has 0 saturated heterocycles. The van der Waals surface area contributed by atoms with E-state index < -0.39 is 5.60 Å². The van der Waals surface area contributed by atoms with Crippen LogP contribution in [-0.2, 0) is 10.4 Å². The summed E-state index contributed by atoms with van der Waals surface area (Å²) in [6, 6.07) is 7.77. The van der Waals surface area contributed by atoms with Gasteiger partial charge in [0.15, 0.2) is 0 Å². The summed E-state index contributed by atoms with van der Waals surface area (Å²) in [7, 11) is 0. The highest BCUT2D eigenvalue weighted by molar-refractivity contribution is 5.51. The maximum absolute atomic E-state index is 10.4. The standard InChI is InChI=1S/C13H18O2/c1-10(8-9-14)11-4-6-12(7-5-11)13(2,3)15/h4-7,9-10,15H,8H2,1-3H3. The van der Waals surface area contributed by atoms with Crippen molar-refractivity contribution in [1.29, 1.82) is 0 Å². The smallest absolute Gasteiger partial charge is 0.120 e. The van der Waals surface area contributed by atoms with Crippen LogP contribution in [0.3, 0.4) is 0 Å². The van der Waals surface area contributed by atoms with Gasteiger partial charge in [-0.1, -0.05) is 31.2 Å². The number of hydrogen-bond acceptors (Lipinski definition) is 2. The van der Waals surface area contributed by atoms with Gasteiger partial charge in [0.05, 0.1) is 5.60 Å². The highest BCUT2D eigenvalue weighted by Crippen LogP contribution is 2.23. The maximum Gasteiger partial charge on any atom is 0.120 e. The molecule has 82 valence electrons. The van der Waals surface area contributed by atoms with Crippen molar-refractivity contribution in [1.82, 2.24) is 0 Å². The summed E-state index contributed by atoms with van der Waals surface area (Å²) in [5, 5.41) is 9.77. The maximum atomic E-state index is 10.4. The Bertz CT molecular complexity index is 319. The number of carbonyl (C=O) groups is 1. The van der Waals surface area contributed by atoms with Gasteiger partial charge in [-0.2, -0.15) is 0 Å². The van der Waals surface area contributed by atoms with E-state index in [0.29, 0.717) is 6.42 Å². The Morgan fingerprint density at radius 3 is 2.27 bits per heavy atom. The van der Waals surface area contributed by atoms with Crippen LogP contribution in [-0.4, -0.2) is 11.4 Å². The molecule has 2 nitrogen and oxygen atoms in total. The molecule has 0 fully saturated rings. The van der Waals surface area contributed by atoms with Crippen LogP contribution in [0.4, 0.5) is 0 Å². The molecule has 0 bridgehead atoms. The van der Waals surface area contributed by atoms with Crippen molar-refractivity contribution in [3.05, 3.63) is 35.4 Å². The molecule has 0 aliphatic heterocycles. The number of carbonyl (C=O) groups excluding carboxylic acids is 1. The number of aldehydes is 1. The molecule has 0 radical (unpaired) electrons. The van der Waals surface area contributed by atoms with E-state index in [4.69, 9.17) is 0 Å². The van der Waals surface area contributed by atoms with Crippen LogP contribution in [0.15, 0.2) is 24.3 Å². The molecular weight excluding hydrogens is 188 g/mol. The van der Waals surface area contributed by atoms with Gasteiger partial charge in [0.25, 0.3) is 0 Å². The molecule has 15 heavy (non-hydrogen) atoms. The predicted molar refractivity (Wildman–Crippen MR) is 60.8 cm³/mol. The molecule has 0 aromatic heterocycles. The van der Waals surface area contributed by atoms with E-state index in [9.17, 15) is 9.90 Å². The van der Waals surface area contributed by atoms with Gasteiger partial charge in [0.1, 0.15) is 6.29 Å². The van der Waals surface area contributed by atoms with E-state index in [-0.39, 0.29) is 5.92 Å². The first-order chi connectivity index (χ1) is 6.95. The second kappa shape index (κ2) is 4.58. The van der Waals surface area contributed by atoms with Crippen LogP contribution in [0.25, 0.3) is 0 Å². The fraction of sp³-hybridized carbons (Fsp3) is 0.462. The van der Waals surface area contributed by atoms with Crippen molar-refractivity contribution < 1.29 is 9.90 Å². The zero-order valence-electron chi connectivity index (χ0n) is 9.53. The monoisotopic (exact) mass is 206 g/mol. The Labute approximate surface area is 90.9 Å². The van der Waals surface area contributed by atoms with Gasteiger partial charge in [-0.25, -0.2) is 0 Å². The van der Waals surface area contributed by atoms with Gasteiger partial charge in [0, 0.05) is 6.42 Å². The minimum Gasteiger partial charge on any atom is -0.386 e. The largest absolute Gasteiger partial charge is 0.386 e. The van der Waals surface area contributed by atoms with Gasteiger partial charge in [-0.3, -0.25) is 0 Å². The van der Waals surface area contributed by atoms with Crippen LogP contribution >= 0.6 is 0 Å². The lowest BCUT2D eigenvalue weighted by atomic mass is 9.93. The molecule has 1 atom stereocenters. The lowest BCUT2D eigenvalue weighted by Crippen LogP contribution is -2.15. The number of hydrogen-bond donors (Lipinski definition) is 1. The molecule has 0 spiro atoms. The third-order valence-corrected chi connectivity index (χ3v) is 2.64. The first-order valence-corrected chi connectivity index (χ1v) is 5.21. The van der Waals surface area contributed by atoms with E-state index in [1.54, 1.807) is 13.8 Å². The topological polar surface area (TPSA) is 37.3 Å². The molecule has 0 saturated carbocycles. The van der Waals surface area contributed by atoms with E-state index >= 15 is 0 Å². The summed E-state index contributed by atoms with van der Waals surface area (Å²) in [6.07, 6.45) is 1.48. The molecule has 1 rings (SSSR count). The zero-order valence-corrected chi connectivity index (χ0v) is 9.53. The van der Waals surface area contributed by atoms with Crippen molar-refractivity contribution in [3.8, 4) is 0 Å². The summed E-state index contributed by atoms with van der Waals surface area (Å²) in [5.74, 6) is 0.248. The molecular formula is C13H18O2. The minimum atomic E-state index is -0.799. The van der Waals surface area contributed by atoms with E-state index in [2.05, 4.69) is 0 Å². The normalized spacial score (nSPS) is 13.6. The first kappa shape index (κ1) is 11.9. The van der Waals surface area contributed by atoms with Crippen molar-refractivity contribution in [2.24, 2.45) is 0 Å². The predicted octanol–water partition coefficient (Wildman–Crippen LogP) is 2.61. The molecule has 0 aliphatic rings. The Morgan fingerprint density at radius 2 is 1.87 bits per heavy atom. The van der Waals surface area contributed by atoms with Gasteiger partial charge in [-0.15, -0.1) is 0 Å². The van der Waals surface area contributed by atoms with Crippen molar-refractivity contribution in [3.63, 3.8) is 0 Å². The van der Waals surface area contributed by atoms with Crippen LogP contribution in [0, 0.1) is 0 Å². The van der Waals surface area contributed by atoms with E-state index in [1.165, 1.54) is 0 Å². The number of benzene rings is 1. The second-order valence-corrected chi connectivity index (χ2v) is 4.48. The fourth-order valence-electron chi connectivity index (χ4n) is 1.50. The Hall–Kier alpha value is -1.15. The number of rotatable bonds is 4. The van der Waals surface area contributed by atoms with Gasteiger partial charge >= 0.3 is 0 Å². The zero-order chi connectivity index (χ0) is 11.5.